The summed E-state index contributed by atoms with van der Waals surface area (Å²) >= 11 is 0. The Kier molecular flexibility index (Phi) is 10.6. The van der Waals surface area contributed by atoms with E-state index in [0.717, 1.165) is 24.0 Å². The first kappa shape index (κ1) is 36.7. The van der Waals surface area contributed by atoms with Crippen molar-refractivity contribution in [3.8, 4) is 0 Å². The Morgan fingerprint density at radius 2 is 1.79 bits per heavy atom. The quantitative estimate of drug-likeness (QED) is 0.189. The molecule has 47 heavy (non-hydrogen) atoms. The second-order valence-corrected chi connectivity index (χ2v) is 21.3. The Morgan fingerprint density at radius 1 is 1.06 bits per heavy atom. The van der Waals surface area contributed by atoms with Crippen LogP contribution in [0.2, 0.25) is 18.1 Å². The van der Waals surface area contributed by atoms with Crippen molar-refractivity contribution >= 4 is 14.3 Å². The number of allylic oxidation sites excluding steroid dienone is 4. The summed E-state index contributed by atoms with van der Waals surface area (Å²) in [6.07, 6.45) is 10.7. The first-order chi connectivity index (χ1) is 21.9. The number of rotatable bonds is 3. The van der Waals surface area contributed by atoms with Crippen molar-refractivity contribution in [2.24, 2.45) is 17.8 Å². The van der Waals surface area contributed by atoms with Crippen LogP contribution in [0.3, 0.4) is 0 Å². The fraction of sp³-hybridized carbons (Fsp3) is 0.763. The van der Waals surface area contributed by atoms with Crippen LogP contribution < -0.4 is 0 Å². The molecule has 0 amide bonds. The van der Waals surface area contributed by atoms with Crippen LogP contribution in [0.5, 0.6) is 0 Å². The fourth-order valence-electron chi connectivity index (χ4n) is 7.87. The molecule has 0 aromatic rings. The van der Waals surface area contributed by atoms with Gasteiger partial charge in [0.2, 0.25) is 0 Å². The number of hydrogen-bond acceptors (Lipinski definition) is 8. The third-order valence-corrected chi connectivity index (χ3v) is 16.3. The first-order valence-corrected chi connectivity index (χ1v) is 20.8. The SMILES string of the molecule is CC[C@H]1O[C@]2(CC[C@@H]1C)C[C@@H]1C[C@@H](C[C@@H](O)/C(C)=C/[C@@H](C)/C=C/C=C3\CO[C@@H]4[C@H](O[Si](C)(C)C(C)(C)C)C(C)=C[C@@H](C(=O)O1)[C@]34O)O2. The van der Waals surface area contributed by atoms with Gasteiger partial charge in [0.15, 0.2) is 14.1 Å². The molecule has 3 fully saturated rings. The molecule has 11 atom stereocenters. The Hall–Kier alpha value is -1.59. The third-order valence-electron chi connectivity index (χ3n) is 11.8. The highest BCUT2D eigenvalue weighted by Gasteiger charge is 2.61. The van der Waals surface area contributed by atoms with Crippen molar-refractivity contribution in [2.75, 3.05) is 6.61 Å². The number of ether oxygens (including phenoxy) is 4. The summed E-state index contributed by atoms with van der Waals surface area (Å²) in [6, 6.07) is 0. The summed E-state index contributed by atoms with van der Waals surface area (Å²) in [4.78, 5) is 14.4. The van der Waals surface area contributed by atoms with E-state index in [1.165, 1.54) is 0 Å². The summed E-state index contributed by atoms with van der Waals surface area (Å²) < 4.78 is 33.1. The minimum atomic E-state index is -2.27. The number of aliphatic hydroxyl groups excluding tert-OH is 1. The minimum Gasteiger partial charge on any atom is -0.462 e. The van der Waals surface area contributed by atoms with E-state index in [9.17, 15) is 15.0 Å². The molecule has 5 rings (SSSR count). The third kappa shape index (κ3) is 7.33. The van der Waals surface area contributed by atoms with Crippen LogP contribution in [0.1, 0.15) is 93.9 Å². The molecule has 0 saturated carbocycles. The van der Waals surface area contributed by atoms with Crippen molar-refractivity contribution in [1.82, 2.24) is 0 Å². The van der Waals surface area contributed by atoms with Crippen molar-refractivity contribution in [2.45, 2.75) is 160 Å². The van der Waals surface area contributed by atoms with E-state index < -0.39 is 56.0 Å². The number of carbonyl (C=O) groups excluding carboxylic acids is 1. The van der Waals surface area contributed by atoms with Crippen molar-refractivity contribution in [1.29, 1.82) is 0 Å². The van der Waals surface area contributed by atoms with E-state index in [-0.39, 0.29) is 29.8 Å². The van der Waals surface area contributed by atoms with E-state index in [2.05, 4.69) is 60.7 Å². The van der Waals surface area contributed by atoms with Gasteiger partial charge < -0.3 is 33.6 Å². The number of esters is 1. The largest absolute Gasteiger partial charge is 0.462 e. The molecule has 8 nitrogen and oxygen atoms in total. The predicted molar refractivity (Wildman–Crippen MR) is 185 cm³/mol. The molecule has 5 aliphatic rings. The first-order valence-electron chi connectivity index (χ1n) is 17.9. The van der Waals surface area contributed by atoms with Crippen LogP contribution in [0, 0.1) is 17.8 Å². The average Bonchev–Trinajstić information content (AvgIpc) is 3.31. The number of hydrogen-bond donors (Lipinski definition) is 2. The smallest absolute Gasteiger partial charge is 0.316 e. The van der Waals surface area contributed by atoms with Crippen LogP contribution in [0.4, 0.5) is 0 Å². The van der Waals surface area contributed by atoms with E-state index >= 15 is 0 Å². The summed E-state index contributed by atoms with van der Waals surface area (Å²) in [7, 11) is -2.27. The molecule has 0 aromatic heterocycles. The number of fused-ring (bicyclic) bond motifs is 2. The molecule has 0 unspecified atom stereocenters. The zero-order valence-electron chi connectivity index (χ0n) is 30.4. The van der Waals surface area contributed by atoms with Gasteiger partial charge in [0, 0.05) is 25.7 Å². The Labute approximate surface area is 283 Å². The molecule has 0 radical (unpaired) electrons. The minimum absolute atomic E-state index is 0.0333. The van der Waals surface area contributed by atoms with Gasteiger partial charge in [-0.2, -0.15) is 0 Å². The highest BCUT2D eigenvalue weighted by atomic mass is 28.4. The molecular formula is C38H60O8Si. The van der Waals surface area contributed by atoms with E-state index in [0.29, 0.717) is 37.2 Å². The van der Waals surface area contributed by atoms with Crippen molar-refractivity contribution in [3.05, 3.63) is 47.1 Å². The lowest BCUT2D eigenvalue weighted by Gasteiger charge is -2.50. The topological polar surface area (TPSA) is 104 Å². The molecule has 1 aliphatic carbocycles. The lowest BCUT2D eigenvalue weighted by atomic mass is 9.71. The molecule has 4 aliphatic heterocycles. The Morgan fingerprint density at radius 3 is 2.47 bits per heavy atom. The monoisotopic (exact) mass is 672 g/mol. The van der Waals surface area contributed by atoms with Gasteiger partial charge in [0.1, 0.15) is 23.7 Å². The molecule has 4 heterocycles. The standard InChI is InChI=1S/C38H60O8Si/c1-11-32-24(3)15-16-37(45-32)21-29-19-28(44-37)20-31(39)25(4)17-23(2)13-12-14-27-22-42-34-33(46-47(9,10)36(6,7)8)26(5)18-30(35(40)43-29)38(27,34)41/h12-14,17-18,23-24,28-34,39,41H,11,15-16,19-22H2,1-10H3/b13-12+,25-17+,27-14+/t23-,24-,28-,29-,30-,31+,32+,33+,34+,37+,38+/m0/s1. The maximum absolute atomic E-state index is 14.4. The molecule has 1 spiro atoms. The lowest BCUT2D eigenvalue weighted by Crippen LogP contribution is -2.60. The van der Waals surface area contributed by atoms with Gasteiger partial charge in [0.25, 0.3) is 0 Å². The summed E-state index contributed by atoms with van der Waals surface area (Å²) in [5.74, 6) is -1.91. The van der Waals surface area contributed by atoms with Crippen LogP contribution >= 0.6 is 0 Å². The second-order valence-electron chi connectivity index (χ2n) is 16.6. The van der Waals surface area contributed by atoms with Gasteiger partial charge in [0.05, 0.1) is 31.0 Å². The average molecular weight is 673 g/mol. The molecule has 2 N–H and O–H groups in total. The second kappa shape index (κ2) is 13.6. The van der Waals surface area contributed by atoms with Gasteiger partial charge in [-0.1, -0.05) is 71.9 Å². The van der Waals surface area contributed by atoms with Gasteiger partial charge in [-0.25, -0.2) is 0 Å². The van der Waals surface area contributed by atoms with Crippen molar-refractivity contribution in [3.63, 3.8) is 0 Å². The maximum Gasteiger partial charge on any atom is 0.316 e. The van der Waals surface area contributed by atoms with Crippen LogP contribution in [-0.2, 0) is 28.2 Å². The predicted octanol–water partition coefficient (Wildman–Crippen LogP) is 6.92. The highest BCUT2D eigenvalue weighted by Crippen LogP contribution is 2.50. The summed E-state index contributed by atoms with van der Waals surface area (Å²) in [5.41, 5.74) is 0.726. The Balaban J connectivity index is 1.55. The lowest BCUT2D eigenvalue weighted by molar-refractivity contribution is -0.337. The van der Waals surface area contributed by atoms with Gasteiger partial charge in [-0.15, -0.1) is 0 Å². The summed E-state index contributed by atoms with van der Waals surface area (Å²) in [6.45, 7) is 21.5. The van der Waals surface area contributed by atoms with Crippen LogP contribution in [-0.4, -0.2) is 79.1 Å². The molecule has 2 bridgehead atoms. The maximum atomic E-state index is 14.4. The van der Waals surface area contributed by atoms with E-state index in [4.69, 9.17) is 23.4 Å². The number of carbonyl (C=O) groups is 1. The zero-order valence-corrected chi connectivity index (χ0v) is 31.4. The highest BCUT2D eigenvalue weighted by molar-refractivity contribution is 6.74. The summed E-state index contributed by atoms with van der Waals surface area (Å²) in [5, 5.41) is 23.9. The van der Waals surface area contributed by atoms with Crippen LogP contribution in [0.15, 0.2) is 47.1 Å². The van der Waals surface area contributed by atoms with E-state index in [1.54, 1.807) is 0 Å². The van der Waals surface area contributed by atoms with Gasteiger partial charge >= 0.3 is 5.97 Å². The number of aliphatic hydroxyl groups is 2. The molecule has 3 saturated heterocycles. The zero-order chi connectivity index (χ0) is 34.5. The molecule has 0 aromatic carbocycles. The van der Waals surface area contributed by atoms with Gasteiger partial charge in [-0.05, 0) is 73.4 Å². The van der Waals surface area contributed by atoms with Gasteiger partial charge in [-0.3, -0.25) is 4.79 Å². The van der Waals surface area contributed by atoms with Crippen LogP contribution in [0.25, 0.3) is 0 Å². The molecule has 9 heteroatoms. The molecular weight excluding hydrogens is 612 g/mol. The normalized spacial score (nSPS) is 44.8. The Bertz CT molecular complexity index is 1290. The molecule has 264 valence electrons. The van der Waals surface area contributed by atoms with E-state index in [1.807, 2.05) is 38.2 Å². The van der Waals surface area contributed by atoms with Crippen molar-refractivity contribution < 1.29 is 38.4 Å². The fourth-order valence-corrected chi connectivity index (χ4v) is 9.16.